The van der Waals surface area contributed by atoms with Gasteiger partial charge < -0.3 is 10.1 Å². The van der Waals surface area contributed by atoms with Gasteiger partial charge in [-0.05, 0) is 30.2 Å². The molecular weight excluding hydrogens is 344 g/mol. The highest BCUT2D eigenvalue weighted by molar-refractivity contribution is 7.89. The number of carbonyl (C=O) groups is 2. The van der Waals surface area contributed by atoms with E-state index in [9.17, 15) is 18.0 Å². The third kappa shape index (κ3) is 5.81. The van der Waals surface area contributed by atoms with Gasteiger partial charge in [0.05, 0.1) is 4.90 Å². The van der Waals surface area contributed by atoms with E-state index in [1.54, 1.807) is 13.8 Å². The number of hydrogen-bond acceptors (Lipinski definition) is 5. The van der Waals surface area contributed by atoms with Crippen molar-refractivity contribution in [1.29, 1.82) is 0 Å². The minimum atomic E-state index is -3.92. The first-order valence-corrected chi connectivity index (χ1v) is 8.68. The molecule has 0 saturated carbocycles. The molecule has 0 aromatic heterocycles. The van der Waals surface area contributed by atoms with E-state index in [0.717, 1.165) is 0 Å². The summed E-state index contributed by atoms with van der Waals surface area (Å²) in [6, 6.07) is 4.42. The van der Waals surface area contributed by atoms with Gasteiger partial charge in [0.2, 0.25) is 10.0 Å². The van der Waals surface area contributed by atoms with Gasteiger partial charge in [-0.3, -0.25) is 9.59 Å². The minimum Gasteiger partial charge on any atom is -0.454 e. The molecule has 0 fully saturated rings. The molecule has 0 aliphatic carbocycles. The molecule has 0 aliphatic rings. The summed E-state index contributed by atoms with van der Waals surface area (Å²) in [5.41, 5.74) is 0. The summed E-state index contributed by atoms with van der Waals surface area (Å²) in [5.74, 6) is -1.67. The molecule has 1 unspecified atom stereocenters. The highest BCUT2D eigenvalue weighted by atomic mass is 35.5. The fourth-order valence-corrected chi connectivity index (χ4v) is 3.06. The first-order chi connectivity index (χ1) is 10.7. The third-order valence-electron chi connectivity index (χ3n) is 2.95. The second-order valence-corrected chi connectivity index (χ2v) is 7.23. The van der Waals surface area contributed by atoms with Crippen LogP contribution in [0.25, 0.3) is 0 Å². The Balaban J connectivity index is 2.88. The van der Waals surface area contributed by atoms with Gasteiger partial charge in [-0.25, -0.2) is 8.42 Å². The Morgan fingerprint density at radius 2 is 1.78 bits per heavy atom. The van der Waals surface area contributed by atoms with E-state index in [0.29, 0.717) is 5.02 Å². The van der Waals surface area contributed by atoms with Crippen molar-refractivity contribution in [3.63, 3.8) is 0 Å². The van der Waals surface area contributed by atoms with Gasteiger partial charge in [0.25, 0.3) is 5.91 Å². The van der Waals surface area contributed by atoms with E-state index in [-0.39, 0.29) is 10.8 Å². The van der Waals surface area contributed by atoms with Crippen LogP contribution in [0.15, 0.2) is 29.2 Å². The average Bonchev–Trinajstić information content (AvgIpc) is 2.50. The molecule has 0 aliphatic heterocycles. The summed E-state index contributed by atoms with van der Waals surface area (Å²) >= 11 is 5.73. The predicted molar refractivity (Wildman–Crippen MR) is 85.4 cm³/mol. The van der Waals surface area contributed by atoms with Crippen molar-refractivity contribution in [3.05, 3.63) is 29.3 Å². The van der Waals surface area contributed by atoms with Crippen molar-refractivity contribution in [2.75, 3.05) is 13.7 Å². The van der Waals surface area contributed by atoms with Crippen LogP contribution < -0.4 is 10.0 Å². The summed E-state index contributed by atoms with van der Waals surface area (Å²) in [6.45, 7) is 2.85. The summed E-state index contributed by atoms with van der Waals surface area (Å²) in [4.78, 5) is 23.1. The molecule has 1 aromatic rings. The molecule has 0 spiro atoms. The van der Waals surface area contributed by atoms with Gasteiger partial charge in [-0.2, -0.15) is 4.72 Å². The number of amides is 1. The molecule has 9 heteroatoms. The molecule has 0 heterocycles. The van der Waals surface area contributed by atoms with Crippen molar-refractivity contribution >= 4 is 33.5 Å². The molecule has 23 heavy (non-hydrogen) atoms. The first-order valence-electron chi connectivity index (χ1n) is 6.82. The van der Waals surface area contributed by atoms with E-state index in [2.05, 4.69) is 10.0 Å². The van der Waals surface area contributed by atoms with Gasteiger partial charge in [0.15, 0.2) is 6.61 Å². The number of carbonyl (C=O) groups excluding carboxylic acids is 2. The maximum absolute atomic E-state index is 12.3. The van der Waals surface area contributed by atoms with Gasteiger partial charge >= 0.3 is 5.97 Å². The number of ether oxygens (including phenoxy) is 1. The maximum Gasteiger partial charge on any atom is 0.324 e. The lowest BCUT2D eigenvalue weighted by atomic mass is 10.1. The number of benzene rings is 1. The number of hydrogen-bond donors (Lipinski definition) is 2. The van der Waals surface area contributed by atoms with Crippen LogP contribution in [0.4, 0.5) is 0 Å². The molecule has 1 atom stereocenters. The van der Waals surface area contributed by atoms with Crippen molar-refractivity contribution in [3.8, 4) is 0 Å². The Hall–Kier alpha value is -1.64. The van der Waals surface area contributed by atoms with Crippen molar-refractivity contribution < 1.29 is 22.7 Å². The standard InChI is InChI=1S/C14H19ClN2O5S/c1-9(2)13(14(19)22-8-12(18)16-3)17-23(20,21)11-6-4-10(15)5-7-11/h4-7,9,13,17H,8H2,1-3H3,(H,16,18). The van der Waals surface area contributed by atoms with Crippen LogP contribution in [0.5, 0.6) is 0 Å². The van der Waals surface area contributed by atoms with Crippen LogP contribution in [0.1, 0.15) is 13.8 Å². The van der Waals surface area contributed by atoms with E-state index in [1.165, 1.54) is 31.3 Å². The molecule has 0 saturated heterocycles. The maximum atomic E-state index is 12.3. The number of likely N-dealkylation sites (N-methyl/N-ethyl adjacent to an activating group) is 1. The van der Waals surface area contributed by atoms with Crippen LogP contribution in [0.2, 0.25) is 5.02 Å². The van der Waals surface area contributed by atoms with E-state index >= 15 is 0 Å². The Labute approximate surface area is 140 Å². The van der Waals surface area contributed by atoms with Gasteiger partial charge in [0, 0.05) is 12.1 Å². The molecule has 2 N–H and O–H groups in total. The molecule has 1 amide bonds. The van der Waals surface area contributed by atoms with Gasteiger partial charge in [-0.15, -0.1) is 0 Å². The lowest BCUT2D eigenvalue weighted by Crippen LogP contribution is -2.46. The van der Waals surface area contributed by atoms with Crippen molar-refractivity contribution in [2.45, 2.75) is 24.8 Å². The first kappa shape index (κ1) is 19.4. The number of esters is 1. The van der Waals surface area contributed by atoms with E-state index < -0.39 is 34.5 Å². The number of nitrogens with one attached hydrogen (secondary N) is 2. The zero-order chi connectivity index (χ0) is 17.6. The smallest absolute Gasteiger partial charge is 0.324 e. The van der Waals surface area contributed by atoms with Crippen LogP contribution in [0.3, 0.4) is 0 Å². The Kier molecular flexibility index (Phi) is 6.99. The fraction of sp³-hybridized carbons (Fsp3) is 0.429. The van der Waals surface area contributed by atoms with Crippen LogP contribution in [0, 0.1) is 5.92 Å². The lowest BCUT2D eigenvalue weighted by molar-refractivity contribution is -0.151. The highest BCUT2D eigenvalue weighted by Crippen LogP contribution is 2.16. The van der Waals surface area contributed by atoms with Crippen LogP contribution in [-0.2, 0) is 24.3 Å². The molecule has 7 nitrogen and oxygen atoms in total. The largest absolute Gasteiger partial charge is 0.454 e. The van der Waals surface area contributed by atoms with E-state index in [4.69, 9.17) is 16.3 Å². The van der Waals surface area contributed by atoms with Gasteiger partial charge in [-0.1, -0.05) is 25.4 Å². The van der Waals surface area contributed by atoms with Crippen LogP contribution >= 0.6 is 11.6 Å². The topological polar surface area (TPSA) is 102 Å². The van der Waals surface area contributed by atoms with Crippen molar-refractivity contribution in [1.82, 2.24) is 10.0 Å². The molecule has 1 rings (SSSR count). The molecule has 1 aromatic carbocycles. The monoisotopic (exact) mass is 362 g/mol. The highest BCUT2D eigenvalue weighted by Gasteiger charge is 2.30. The number of sulfonamides is 1. The Morgan fingerprint density at radius 3 is 2.26 bits per heavy atom. The molecule has 0 bridgehead atoms. The molecule has 0 radical (unpaired) electrons. The number of rotatable bonds is 7. The zero-order valence-electron chi connectivity index (χ0n) is 13.0. The predicted octanol–water partition coefficient (Wildman–Crippen LogP) is 0.932. The molecular formula is C14H19ClN2O5S. The lowest BCUT2D eigenvalue weighted by Gasteiger charge is -2.20. The zero-order valence-corrected chi connectivity index (χ0v) is 14.6. The summed E-state index contributed by atoms with van der Waals surface area (Å²) in [6.07, 6.45) is 0. The fourth-order valence-electron chi connectivity index (χ4n) is 1.60. The summed E-state index contributed by atoms with van der Waals surface area (Å²) in [7, 11) is -2.52. The third-order valence-corrected chi connectivity index (χ3v) is 4.66. The second-order valence-electron chi connectivity index (χ2n) is 5.08. The SMILES string of the molecule is CNC(=O)COC(=O)C(NS(=O)(=O)c1ccc(Cl)cc1)C(C)C. The second kappa shape index (κ2) is 8.28. The Morgan fingerprint density at radius 1 is 1.22 bits per heavy atom. The van der Waals surface area contributed by atoms with Crippen molar-refractivity contribution in [2.24, 2.45) is 5.92 Å². The summed E-state index contributed by atoms with van der Waals surface area (Å²) < 4.78 is 31.7. The Bertz CT molecular complexity index is 658. The van der Waals surface area contributed by atoms with Gasteiger partial charge in [0.1, 0.15) is 6.04 Å². The minimum absolute atomic E-state index is 0.0216. The van der Waals surface area contributed by atoms with Crippen LogP contribution in [-0.4, -0.2) is 40.0 Å². The normalized spacial score (nSPS) is 12.7. The summed E-state index contributed by atoms with van der Waals surface area (Å²) in [5, 5.41) is 2.70. The molecule has 128 valence electrons. The van der Waals surface area contributed by atoms with E-state index in [1.807, 2.05) is 0 Å². The quantitative estimate of drug-likeness (QED) is 0.703. The average molecular weight is 363 g/mol. The number of halogens is 1.